The van der Waals surface area contributed by atoms with E-state index in [1.54, 1.807) is 0 Å². The van der Waals surface area contributed by atoms with Gasteiger partial charge in [-0.3, -0.25) is 4.79 Å². The summed E-state index contributed by atoms with van der Waals surface area (Å²) in [6.45, 7) is 0.957. The monoisotopic (exact) mass is 244 g/mol. The van der Waals surface area contributed by atoms with Crippen LogP contribution in [-0.4, -0.2) is 18.5 Å². The van der Waals surface area contributed by atoms with Crippen LogP contribution in [0.15, 0.2) is 24.3 Å². The highest BCUT2D eigenvalue weighted by molar-refractivity contribution is 5.94. The first kappa shape index (κ1) is 11.7. The van der Waals surface area contributed by atoms with E-state index in [9.17, 15) is 4.79 Å². The Morgan fingerprint density at radius 3 is 2.50 bits per heavy atom. The first-order valence-electron chi connectivity index (χ1n) is 6.97. The Morgan fingerprint density at radius 1 is 1.11 bits per heavy atom. The van der Waals surface area contributed by atoms with Crippen molar-refractivity contribution in [2.75, 3.05) is 11.9 Å². The van der Waals surface area contributed by atoms with Gasteiger partial charge in [0.1, 0.15) is 0 Å². The number of piperidine rings is 1. The Morgan fingerprint density at radius 2 is 1.89 bits per heavy atom. The van der Waals surface area contributed by atoms with Crippen LogP contribution in [0, 0.1) is 0 Å². The molecule has 0 unspecified atom stereocenters. The van der Waals surface area contributed by atoms with E-state index in [4.69, 9.17) is 0 Å². The maximum absolute atomic E-state index is 12.0. The predicted molar refractivity (Wildman–Crippen MR) is 72.7 cm³/mol. The second-order valence-electron chi connectivity index (χ2n) is 5.39. The molecule has 1 saturated carbocycles. The first-order valence-corrected chi connectivity index (χ1v) is 6.97. The Kier molecular flexibility index (Phi) is 3.33. The molecule has 1 amide bonds. The summed E-state index contributed by atoms with van der Waals surface area (Å²) < 4.78 is 0. The summed E-state index contributed by atoms with van der Waals surface area (Å²) in [7, 11) is 0. The minimum absolute atomic E-state index is 0.0122. The van der Waals surface area contributed by atoms with Gasteiger partial charge in [-0.05, 0) is 55.8 Å². The lowest BCUT2D eigenvalue weighted by atomic mass is 10.0. The minimum atomic E-state index is -0.0122. The Hall–Kier alpha value is -1.35. The van der Waals surface area contributed by atoms with Gasteiger partial charge in [0.05, 0.1) is 6.04 Å². The Balaban J connectivity index is 1.59. The van der Waals surface area contributed by atoms with E-state index < -0.39 is 0 Å². The van der Waals surface area contributed by atoms with Crippen molar-refractivity contribution in [3.63, 3.8) is 0 Å². The molecular weight excluding hydrogens is 224 g/mol. The molecule has 1 heterocycles. The zero-order valence-corrected chi connectivity index (χ0v) is 10.6. The highest BCUT2D eigenvalue weighted by Gasteiger charge is 2.23. The van der Waals surface area contributed by atoms with Crippen molar-refractivity contribution in [2.45, 2.75) is 44.1 Å². The van der Waals surface area contributed by atoms with Gasteiger partial charge in [-0.25, -0.2) is 0 Å². The topological polar surface area (TPSA) is 41.1 Å². The van der Waals surface area contributed by atoms with Crippen molar-refractivity contribution in [3.05, 3.63) is 29.8 Å². The van der Waals surface area contributed by atoms with Gasteiger partial charge in [0.2, 0.25) is 5.91 Å². The molecular formula is C15H20N2O. The molecule has 3 nitrogen and oxygen atoms in total. The zero-order chi connectivity index (χ0) is 12.4. The van der Waals surface area contributed by atoms with Crippen LogP contribution in [0.3, 0.4) is 0 Å². The maximum Gasteiger partial charge on any atom is 0.241 e. The summed E-state index contributed by atoms with van der Waals surface area (Å²) in [5, 5.41) is 6.26. The summed E-state index contributed by atoms with van der Waals surface area (Å²) in [4.78, 5) is 12.0. The van der Waals surface area contributed by atoms with Crippen molar-refractivity contribution in [3.8, 4) is 0 Å². The molecule has 2 fully saturated rings. The quantitative estimate of drug-likeness (QED) is 0.858. The third-order valence-corrected chi connectivity index (χ3v) is 3.85. The van der Waals surface area contributed by atoms with Gasteiger partial charge < -0.3 is 10.6 Å². The molecule has 3 heteroatoms. The van der Waals surface area contributed by atoms with E-state index >= 15 is 0 Å². The standard InChI is InChI=1S/C15H20N2O/c18-15(14-3-1-2-10-16-14)17-13-8-6-12(7-9-13)11-4-5-11/h6-9,11,14,16H,1-5,10H2,(H,17,18)/t14-/m1/s1. The number of anilines is 1. The fraction of sp³-hybridized carbons (Fsp3) is 0.533. The summed E-state index contributed by atoms with van der Waals surface area (Å²) in [6.07, 6.45) is 5.91. The van der Waals surface area contributed by atoms with Gasteiger partial charge in [0, 0.05) is 5.69 Å². The number of hydrogen-bond donors (Lipinski definition) is 2. The summed E-state index contributed by atoms with van der Waals surface area (Å²) in [6, 6.07) is 8.31. The molecule has 1 aliphatic carbocycles. The SMILES string of the molecule is O=C(Nc1ccc(C2CC2)cc1)[C@H]1CCCCN1. The number of carbonyl (C=O) groups is 1. The normalized spacial score (nSPS) is 23.7. The average molecular weight is 244 g/mol. The summed E-state index contributed by atoms with van der Waals surface area (Å²) in [5.74, 6) is 0.878. The van der Waals surface area contributed by atoms with Gasteiger partial charge >= 0.3 is 0 Å². The van der Waals surface area contributed by atoms with Gasteiger partial charge in [0.25, 0.3) is 0 Å². The molecule has 1 aliphatic heterocycles. The smallest absolute Gasteiger partial charge is 0.241 e. The van der Waals surface area contributed by atoms with Crippen LogP contribution in [0.2, 0.25) is 0 Å². The average Bonchev–Trinajstić information content (AvgIpc) is 3.25. The van der Waals surface area contributed by atoms with E-state index in [0.717, 1.165) is 31.0 Å². The molecule has 18 heavy (non-hydrogen) atoms. The van der Waals surface area contributed by atoms with E-state index in [1.165, 1.54) is 24.8 Å². The number of benzene rings is 1. The molecule has 0 bridgehead atoms. The number of nitrogens with one attached hydrogen (secondary N) is 2. The molecule has 0 radical (unpaired) electrons. The van der Waals surface area contributed by atoms with E-state index in [0.29, 0.717) is 0 Å². The van der Waals surface area contributed by atoms with Gasteiger partial charge in [-0.2, -0.15) is 0 Å². The largest absolute Gasteiger partial charge is 0.325 e. The highest BCUT2D eigenvalue weighted by Crippen LogP contribution is 2.40. The van der Waals surface area contributed by atoms with Crippen LogP contribution in [0.25, 0.3) is 0 Å². The van der Waals surface area contributed by atoms with Gasteiger partial charge in [-0.1, -0.05) is 18.6 Å². The fourth-order valence-electron chi connectivity index (χ4n) is 2.56. The van der Waals surface area contributed by atoms with Crippen molar-refractivity contribution in [1.29, 1.82) is 0 Å². The van der Waals surface area contributed by atoms with Crippen LogP contribution in [-0.2, 0) is 4.79 Å². The number of rotatable bonds is 3. The molecule has 2 aliphatic rings. The van der Waals surface area contributed by atoms with Crippen LogP contribution in [0.4, 0.5) is 5.69 Å². The molecule has 1 atom stereocenters. The van der Waals surface area contributed by atoms with Crippen LogP contribution in [0.1, 0.15) is 43.6 Å². The molecule has 1 aromatic carbocycles. The third kappa shape index (κ3) is 2.72. The highest BCUT2D eigenvalue weighted by atomic mass is 16.2. The van der Waals surface area contributed by atoms with Crippen molar-refractivity contribution in [1.82, 2.24) is 5.32 Å². The molecule has 2 N–H and O–H groups in total. The first-order chi connectivity index (χ1) is 8.83. The lowest BCUT2D eigenvalue weighted by Gasteiger charge is -2.22. The minimum Gasteiger partial charge on any atom is -0.325 e. The molecule has 3 rings (SSSR count). The summed E-state index contributed by atoms with van der Waals surface area (Å²) >= 11 is 0. The second-order valence-corrected chi connectivity index (χ2v) is 5.39. The lowest BCUT2D eigenvalue weighted by Crippen LogP contribution is -2.43. The van der Waals surface area contributed by atoms with Gasteiger partial charge in [-0.15, -0.1) is 0 Å². The number of hydrogen-bond acceptors (Lipinski definition) is 2. The maximum atomic E-state index is 12.0. The molecule has 96 valence electrons. The third-order valence-electron chi connectivity index (χ3n) is 3.85. The summed E-state index contributed by atoms with van der Waals surface area (Å²) in [5.41, 5.74) is 2.32. The van der Waals surface area contributed by atoms with Crippen molar-refractivity contribution >= 4 is 11.6 Å². The van der Waals surface area contributed by atoms with Crippen LogP contribution in [0.5, 0.6) is 0 Å². The molecule has 1 saturated heterocycles. The molecule has 0 spiro atoms. The van der Waals surface area contributed by atoms with Crippen LogP contribution >= 0.6 is 0 Å². The lowest BCUT2D eigenvalue weighted by molar-refractivity contribution is -0.118. The van der Waals surface area contributed by atoms with E-state index in [1.807, 2.05) is 12.1 Å². The second kappa shape index (κ2) is 5.11. The molecule has 0 aromatic heterocycles. The Bertz CT molecular complexity index is 417. The van der Waals surface area contributed by atoms with Crippen molar-refractivity contribution in [2.24, 2.45) is 0 Å². The zero-order valence-electron chi connectivity index (χ0n) is 10.6. The van der Waals surface area contributed by atoms with Gasteiger partial charge in [0.15, 0.2) is 0 Å². The fourth-order valence-corrected chi connectivity index (χ4v) is 2.56. The Labute approximate surface area is 108 Å². The van der Waals surface area contributed by atoms with E-state index in [2.05, 4.69) is 22.8 Å². The van der Waals surface area contributed by atoms with Crippen molar-refractivity contribution < 1.29 is 4.79 Å². The van der Waals surface area contributed by atoms with Crippen LogP contribution < -0.4 is 10.6 Å². The molecule has 1 aromatic rings. The van der Waals surface area contributed by atoms with E-state index in [-0.39, 0.29) is 11.9 Å². The number of amides is 1. The predicted octanol–water partition coefficient (Wildman–Crippen LogP) is 2.64. The number of carbonyl (C=O) groups excluding carboxylic acids is 1.